The fourth-order valence-electron chi connectivity index (χ4n) is 2.77. The first-order valence-electron chi connectivity index (χ1n) is 7.36. The lowest BCUT2D eigenvalue weighted by molar-refractivity contribution is 0.0225. The number of hydrogen-bond donors (Lipinski definition) is 1. The van der Waals surface area contributed by atoms with Gasteiger partial charge in [0.1, 0.15) is 0 Å². The van der Waals surface area contributed by atoms with Gasteiger partial charge < -0.3 is 10.1 Å². The van der Waals surface area contributed by atoms with Crippen molar-refractivity contribution in [3.05, 3.63) is 34.9 Å². The Labute approximate surface area is 127 Å². The second-order valence-corrected chi connectivity index (χ2v) is 6.12. The average molecular weight is 297 g/mol. The van der Waals surface area contributed by atoms with Crippen molar-refractivity contribution in [3.8, 4) is 0 Å². The zero-order valence-corrected chi connectivity index (χ0v) is 13.4. The summed E-state index contributed by atoms with van der Waals surface area (Å²) in [7, 11) is 4.14. The van der Waals surface area contributed by atoms with Crippen molar-refractivity contribution < 1.29 is 4.74 Å². The van der Waals surface area contributed by atoms with Crippen LogP contribution in [0.25, 0.3) is 0 Å². The number of likely N-dealkylation sites (N-methyl/N-ethyl adjacent to an activating group) is 2. The van der Waals surface area contributed by atoms with Crippen LogP contribution in [0, 0.1) is 0 Å². The van der Waals surface area contributed by atoms with Crippen LogP contribution < -0.4 is 5.32 Å². The van der Waals surface area contributed by atoms with E-state index < -0.39 is 0 Å². The van der Waals surface area contributed by atoms with Crippen molar-refractivity contribution in [2.24, 2.45) is 0 Å². The fraction of sp³-hybridized carbons (Fsp3) is 0.625. The summed E-state index contributed by atoms with van der Waals surface area (Å²) < 4.78 is 6.05. The third-order valence-electron chi connectivity index (χ3n) is 4.13. The van der Waals surface area contributed by atoms with Crippen molar-refractivity contribution in [3.63, 3.8) is 0 Å². The molecule has 0 amide bonds. The van der Waals surface area contributed by atoms with Gasteiger partial charge in [0.05, 0.1) is 12.2 Å². The van der Waals surface area contributed by atoms with Gasteiger partial charge in [0.15, 0.2) is 0 Å². The SMILES string of the molecule is CNCC1CCC(CN(C)C(C)c2ccc(Cl)cc2)O1. The first kappa shape index (κ1) is 15.8. The predicted molar refractivity (Wildman–Crippen MR) is 84.3 cm³/mol. The summed E-state index contributed by atoms with van der Waals surface area (Å²) in [6, 6.07) is 8.48. The molecule has 2 rings (SSSR count). The lowest BCUT2D eigenvalue weighted by atomic mass is 10.1. The Morgan fingerprint density at radius 2 is 1.95 bits per heavy atom. The van der Waals surface area contributed by atoms with Crippen molar-refractivity contribution in [1.82, 2.24) is 10.2 Å². The average Bonchev–Trinajstić information content (AvgIpc) is 2.86. The Morgan fingerprint density at radius 3 is 2.60 bits per heavy atom. The van der Waals surface area contributed by atoms with Crippen LogP contribution >= 0.6 is 11.6 Å². The van der Waals surface area contributed by atoms with Gasteiger partial charge in [-0.1, -0.05) is 23.7 Å². The van der Waals surface area contributed by atoms with Gasteiger partial charge in [-0.15, -0.1) is 0 Å². The summed E-state index contributed by atoms with van der Waals surface area (Å²) >= 11 is 5.94. The fourth-order valence-corrected chi connectivity index (χ4v) is 2.89. The Balaban J connectivity index is 1.85. The van der Waals surface area contributed by atoms with E-state index >= 15 is 0 Å². The number of nitrogens with zero attached hydrogens (tertiary/aromatic N) is 1. The van der Waals surface area contributed by atoms with Crippen molar-refractivity contribution >= 4 is 11.6 Å². The minimum atomic E-state index is 0.355. The number of hydrogen-bond acceptors (Lipinski definition) is 3. The molecule has 3 nitrogen and oxygen atoms in total. The molecule has 1 saturated heterocycles. The highest BCUT2D eigenvalue weighted by Crippen LogP contribution is 2.25. The molecule has 1 aromatic rings. The summed E-state index contributed by atoms with van der Waals surface area (Å²) in [4.78, 5) is 2.36. The molecule has 20 heavy (non-hydrogen) atoms. The standard InChI is InChI=1S/C16H25ClN2O/c1-12(13-4-6-14(17)7-5-13)19(3)11-16-9-8-15(20-16)10-18-2/h4-7,12,15-16,18H,8-11H2,1-3H3. The smallest absolute Gasteiger partial charge is 0.0707 e. The maximum Gasteiger partial charge on any atom is 0.0707 e. The van der Waals surface area contributed by atoms with Crippen molar-refractivity contribution in [1.29, 1.82) is 0 Å². The molecular weight excluding hydrogens is 272 g/mol. The number of halogens is 1. The van der Waals surface area contributed by atoms with E-state index in [1.165, 1.54) is 5.56 Å². The van der Waals surface area contributed by atoms with Gasteiger partial charge in [0, 0.05) is 24.2 Å². The van der Waals surface area contributed by atoms with Crippen LogP contribution in [0.3, 0.4) is 0 Å². The molecule has 4 heteroatoms. The molecule has 0 spiro atoms. The van der Waals surface area contributed by atoms with E-state index in [9.17, 15) is 0 Å². The third-order valence-corrected chi connectivity index (χ3v) is 4.38. The maximum absolute atomic E-state index is 6.05. The number of rotatable bonds is 6. The summed E-state index contributed by atoms with van der Waals surface area (Å²) in [6.07, 6.45) is 3.05. The monoisotopic (exact) mass is 296 g/mol. The van der Waals surface area contributed by atoms with Crippen LogP contribution in [0.15, 0.2) is 24.3 Å². The lowest BCUT2D eigenvalue weighted by Crippen LogP contribution is -2.32. The second kappa shape index (κ2) is 7.41. The Kier molecular flexibility index (Phi) is 5.85. The van der Waals surface area contributed by atoms with Crippen LogP contribution in [-0.2, 0) is 4.74 Å². The molecular formula is C16H25ClN2O. The van der Waals surface area contributed by atoms with E-state index in [1.54, 1.807) is 0 Å². The quantitative estimate of drug-likeness (QED) is 0.873. The zero-order valence-electron chi connectivity index (χ0n) is 12.6. The minimum absolute atomic E-state index is 0.355. The molecule has 112 valence electrons. The van der Waals surface area contributed by atoms with E-state index in [-0.39, 0.29) is 0 Å². The minimum Gasteiger partial charge on any atom is -0.372 e. The van der Waals surface area contributed by atoms with Crippen LogP contribution in [-0.4, -0.2) is 44.3 Å². The van der Waals surface area contributed by atoms with Gasteiger partial charge in [-0.25, -0.2) is 0 Å². The van der Waals surface area contributed by atoms with Gasteiger partial charge in [-0.3, -0.25) is 4.90 Å². The molecule has 0 radical (unpaired) electrons. The van der Waals surface area contributed by atoms with Gasteiger partial charge >= 0.3 is 0 Å². The van der Waals surface area contributed by atoms with Gasteiger partial charge in [-0.05, 0) is 51.6 Å². The maximum atomic E-state index is 6.05. The highest BCUT2D eigenvalue weighted by Gasteiger charge is 2.26. The summed E-state index contributed by atoms with van der Waals surface area (Å²) in [5, 5.41) is 3.98. The van der Waals surface area contributed by atoms with E-state index in [0.717, 1.165) is 31.0 Å². The van der Waals surface area contributed by atoms with Crippen molar-refractivity contribution in [2.45, 2.75) is 38.0 Å². The van der Waals surface area contributed by atoms with Crippen molar-refractivity contribution in [2.75, 3.05) is 27.2 Å². The predicted octanol–water partition coefficient (Wildman–Crippen LogP) is 3.10. The van der Waals surface area contributed by atoms with Crippen LogP contribution in [0.2, 0.25) is 5.02 Å². The molecule has 0 bridgehead atoms. The summed E-state index contributed by atoms with van der Waals surface area (Å²) in [6.45, 7) is 4.15. The van der Waals surface area contributed by atoms with E-state index in [4.69, 9.17) is 16.3 Å². The Bertz CT molecular complexity index is 409. The summed E-state index contributed by atoms with van der Waals surface area (Å²) in [5.74, 6) is 0. The highest BCUT2D eigenvalue weighted by molar-refractivity contribution is 6.30. The summed E-state index contributed by atoms with van der Waals surface area (Å²) in [5.41, 5.74) is 1.29. The van der Waals surface area contributed by atoms with E-state index in [2.05, 4.69) is 36.3 Å². The first-order chi connectivity index (χ1) is 9.60. The molecule has 0 aromatic heterocycles. The van der Waals surface area contributed by atoms with Gasteiger partial charge in [0.2, 0.25) is 0 Å². The van der Waals surface area contributed by atoms with Crippen LogP contribution in [0.4, 0.5) is 0 Å². The lowest BCUT2D eigenvalue weighted by Gasteiger charge is -2.28. The molecule has 1 aliphatic rings. The number of benzene rings is 1. The molecule has 3 unspecified atom stereocenters. The second-order valence-electron chi connectivity index (χ2n) is 5.68. The van der Waals surface area contributed by atoms with Gasteiger partial charge in [0.25, 0.3) is 0 Å². The van der Waals surface area contributed by atoms with Crippen LogP contribution in [0.1, 0.15) is 31.4 Å². The molecule has 1 aromatic carbocycles. The Hall–Kier alpha value is -0.610. The Morgan fingerprint density at radius 1 is 1.30 bits per heavy atom. The highest BCUT2D eigenvalue weighted by atomic mass is 35.5. The first-order valence-corrected chi connectivity index (χ1v) is 7.73. The zero-order chi connectivity index (χ0) is 14.5. The molecule has 1 aliphatic heterocycles. The molecule has 1 N–H and O–H groups in total. The third kappa shape index (κ3) is 4.19. The normalized spacial score (nSPS) is 24.2. The molecule has 3 atom stereocenters. The van der Waals surface area contributed by atoms with Crippen LogP contribution in [0.5, 0.6) is 0 Å². The number of ether oxygens (including phenoxy) is 1. The molecule has 1 fully saturated rings. The van der Waals surface area contributed by atoms with Gasteiger partial charge in [-0.2, -0.15) is 0 Å². The molecule has 1 heterocycles. The largest absolute Gasteiger partial charge is 0.372 e. The molecule has 0 saturated carbocycles. The number of nitrogens with one attached hydrogen (secondary N) is 1. The van der Waals surface area contributed by atoms with E-state index in [1.807, 2.05) is 19.2 Å². The van der Waals surface area contributed by atoms with E-state index in [0.29, 0.717) is 18.2 Å². The molecule has 0 aliphatic carbocycles. The topological polar surface area (TPSA) is 24.5 Å².